The third-order valence-corrected chi connectivity index (χ3v) is 2.89. The monoisotopic (exact) mass is 239 g/mol. The molecule has 0 radical (unpaired) electrons. The van der Waals surface area contributed by atoms with E-state index in [1.165, 1.54) is 5.56 Å². The van der Waals surface area contributed by atoms with Gasteiger partial charge in [0.1, 0.15) is 0 Å². The van der Waals surface area contributed by atoms with Crippen LogP contribution in [0.5, 0.6) is 0 Å². The Morgan fingerprint density at radius 3 is 3.00 bits per heavy atom. The van der Waals surface area contributed by atoms with E-state index in [-0.39, 0.29) is 6.04 Å². The Morgan fingerprint density at radius 1 is 1.50 bits per heavy atom. The Bertz CT molecular complexity index is 563. The minimum Gasteiger partial charge on any atom is -0.378 e. The van der Waals surface area contributed by atoms with Crippen molar-refractivity contribution in [3.05, 3.63) is 47.8 Å². The molecule has 1 N–H and O–H groups in total. The molecule has 0 saturated carbocycles. The Hall–Kier alpha value is -2.21. The molecule has 0 fully saturated rings. The van der Waals surface area contributed by atoms with Gasteiger partial charge in [0, 0.05) is 29.6 Å². The average Bonchev–Trinajstić information content (AvgIpc) is 2.88. The van der Waals surface area contributed by atoms with Crippen LogP contribution in [0.15, 0.2) is 36.7 Å². The molecule has 0 aliphatic rings. The average molecular weight is 239 g/mol. The smallest absolute Gasteiger partial charge is 0.0542 e. The van der Waals surface area contributed by atoms with Gasteiger partial charge in [0.15, 0.2) is 0 Å². The van der Waals surface area contributed by atoms with Crippen LogP contribution in [-0.4, -0.2) is 9.78 Å². The second-order valence-electron chi connectivity index (χ2n) is 4.22. The van der Waals surface area contributed by atoms with E-state index in [1.807, 2.05) is 35.1 Å². The maximum absolute atomic E-state index is 5.39. The fourth-order valence-electron chi connectivity index (χ4n) is 1.81. The van der Waals surface area contributed by atoms with Crippen molar-refractivity contribution in [2.45, 2.75) is 26.4 Å². The lowest BCUT2D eigenvalue weighted by Crippen LogP contribution is -2.05. The summed E-state index contributed by atoms with van der Waals surface area (Å²) in [6.07, 6.45) is 9.34. The zero-order valence-electron chi connectivity index (χ0n) is 10.7. The highest BCUT2D eigenvalue weighted by Gasteiger charge is 2.07. The maximum atomic E-state index is 5.39. The van der Waals surface area contributed by atoms with Crippen molar-refractivity contribution in [2.24, 2.45) is 0 Å². The van der Waals surface area contributed by atoms with Crippen LogP contribution in [0.2, 0.25) is 0 Å². The molecule has 0 amide bonds. The van der Waals surface area contributed by atoms with Crippen LogP contribution in [0, 0.1) is 12.3 Å². The fourth-order valence-corrected chi connectivity index (χ4v) is 1.81. The Kier molecular flexibility index (Phi) is 3.69. The molecule has 92 valence electrons. The van der Waals surface area contributed by atoms with E-state index in [1.54, 1.807) is 0 Å². The summed E-state index contributed by atoms with van der Waals surface area (Å²) in [4.78, 5) is 0. The molecule has 0 aliphatic heterocycles. The number of anilines is 1. The third kappa shape index (κ3) is 2.72. The summed E-state index contributed by atoms with van der Waals surface area (Å²) in [5.74, 6) is 2.64. The van der Waals surface area contributed by atoms with Gasteiger partial charge in [-0.15, -0.1) is 6.42 Å². The second-order valence-corrected chi connectivity index (χ2v) is 4.22. The molecule has 0 spiro atoms. The molecular formula is C15H17N3. The molecule has 3 nitrogen and oxygen atoms in total. The summed E-state index contributed by atoms with van der Waals surface area (Å²) in [6.45, 7) is 5.07. The van der Waals surface area contributed by atoms with E-state index < -0.39 is 0 Å². The van der Waals surface area contributed by atoms with Crippen molar-refractivity contribution in [3.63, 3.8) is 0 Å². The van der Waals surface area contributed by atoms with Crippen molar-refractivity contribution in [2.75, 3.05) is 5.32 Å². The summed E-state index contributed by atoms with van der Waals surface area (Å²) in [5.41, 5.74) is 3.08. The quantitative estimate of drug-likeness (QED) is 0.831. The molecule has 1 atom stereocenters. The number of aryl methyl sites for hydroxylation is 1. The maximum Gasteiger partial charge on any atom is 0.0542 e. The van der Waals surface area contributed by atoms with Gasteiger partial charge in [0.2, 0.25) is 0 Å². The van der Waals surface area contributed by atoms with Crippen LogP contribution >= 0.6 is 0 Å². The first-order valence-corrected chi connectivity index (χ1v) is 6.08. The van der Waals surface area contributed by atoms with E-state index in [0.717, 1.165) is 17.8 Å². The third-order valence-electron chi connectivity index (χ3n) is 2.89. The molecule has 1 aromatic heterocycles. The molecule has 3 heteroatoms. The first kappa shape index (κ1) is 12.3. The summed E-state index contributed by atoms with van der Waals surface area (Å²) in [7, 11) is 0. The molecule has 1 aromatic carbocycles. The predicted molar refractivity (Wildman–Crippen MR) is 74.3 cm³/mol. The number of hydrogen-bond acceptors (Lipinski definition) is 2. The number of benzene rings is 1. The molecule has 0 saturated heterocycles. The normalized spacial score (nSPS) is 11.8. The number of hydrogen-bond donors (Lipinski definition) is 1. The Balaban J connectivity index is 2.11. The zero-order chi connectivity index (χ0) is 13.0. The first-order valence-electron chi connectivity index (χ1n) is 6.08. The highest BCUT2D eigenvalue weighted by molar-refractivity contribution is 5.51. The Labute approximate surface area is 108 Å². The SMILES string of the molecule is C#Cc1cccc(NC(C)c2cnn(CC)c2)c1. The van der Waals surface area contributed by atoms with Crippen LogP contribution in [0.3, 0.4) is 0 Å². The van der Waals surface area contributed by atoms with Gasteiger partial charge in [-0.1, -0.05) is 12.0 Å². The van der Waals surface area contributed by atoms with E-state index in [4.69, 9.17) is 6.42 Å². The van der Waals surface area contributed by atoms with E-state index in [2.05, 4.69) is 36.4 Å². The molecule has 2 rings (SSSR count). The highest BCUT2D eigenvalue weighted by Crippen LogP contribution is 2.19. The van der Waals surface area contributed by atoms with Crippen molar-refractivity contribution >= 4 is 5.69 Å². The van der Waals surface area contributed by atoms with Crippen LogP contribution in [0.25, 0.3) is 0 Å². The van der Waals surface area contributed by atoms with Gasteiger partial charge < -0.3 is 5.32 Å². The Morgan fingerprint density at radius 2 is 2.33 bits per heavy atom. The van der Waals surface area contributed by atoms with Crippen LogP contribution in [-0.2, 0) is 6.54 Å². The van der Waals surface area contributed by atoms with Crippen molar-refractivity contribution in [3.8, 4) is 12.3 Å². The molecule has 1 heterocycles. The summed E-state index contributed by atoms with van der Waals surface area (Å²) in [6, 6.07) is 8.07. The molecule has 2 aromatic rings. The van der Waals surface area contributed by atoms with Gasteiger partial charge in [-0.05, 0) is 32.0 Å². The van der Waals surface area contributed by atoms with Gasteiger partial charge in [-0.3, -0.25) is 4.68 Å². The number of aromatic nitrogens is 2. The number of terminal acetylenes is 1. The highest BCUT2D eigenvalue weighted by atomic mass is 15.3. The molecule has 0 bridgehead atoms. The molecule has 18 heavy (non-hydrogen) atoms. The van der Waals surface area contributed by atoms with Gasteiger partial charge >= 0.3 is 0 Å². The lowest BCUT2D eigenvalue weighted by atomic mass is 10.1. The summed E-state index contributed by atoms with van der Waals surface area (Å²) < 4.78 is 1.92. The predicted octanol–water partition coefficient (Wildman–Crippen LogP) is 3.06. The largest absolute Gasteiger partial charge is 0.378 e. The van der Waals surface area contributed by atoms with Gasteiger partial charge in [0.25, 0.3) is 0 Å². The molecular weight excluding hydrogens is 222 g/mol. The molecule has 0 aliphatic carbocycles. The van der Waals surface area contributed by atoms with Crippen molar-refractivity contribution in [1.82, 2.24) is 9.78 Å². The fraction of sp³-hybridized carbons (Fsp3) is 0.267. The first-order chi connectivity index (χ1) is 8.72. The van der Waals surface area contributed by atoms with E-state index in [9.17, 15) is 0 Å². The van der Waals surface area contributed by atoms with Crippen LogP contribution in [0.1, 0.15) is 31.0 Å². The minimum atomic E-state index is 0.207. The van der Waals surface area contributed by atoms with E-state index in [0.29, 0.717) is 0 Å². The molecule has 1 unspecified atom stereocenters. The van der Waals surface area contributed by atoms with Crippen LogP contribution < -0.4 is 5.32 Å². The van der Waals surface area contributed by atoms with Crippen molar-refractivity contribution < 1.29 is 0 Å². The lowest BCUT2D eigenvalue weighted by molar-refractivity contribution is 0.658. The van der Waals surface area contributed by atoms with E-state index >= 15 is 0 Å². The summed E-state index contributed by atoms with van der Waals surface area (Å²) >= 11 is 0. The minimum absolute atomic E-state index is 0.207. The van der Waals surface area contributed by atoms with Crippen LogP contribution in [0.4, 0.5) is 5.69 Å². The van der Waals surface area contributed by atoms with Crippen molar-refractivity contribution in [1.29, 1.82) is 0 Å². The topological polar surface area (TPSA) is 29.9 Å². The lowest BCUT2D eigenvalue weighted by Gasteiger charge is -2.13. The van der Waals surface area contributed by atoms with Gasteiger partial charge in [-0.25, -0.2) is 0 Å². The number of nitrogens with one attached hydrogen (secondary N) is 1. The zero-order valence-corrected chi connectivity index (χ0v) is 10.7. The number of nitrogens with zero attached hydrogens (tertiary/aromatic N) is 2. The van der Waals surface area contributed by atoms with Gasteiger partial charge in [0.05, 0.1) is 12.2 Å². The second kappa shape index (κ2) is 5.42. The standard InChI is InChI=1S/C15H17N3/c1-4-13-7-6-8-15(9-13)17-12(3)14-10-16-18(5-2)11-14/h1,6-12,17H,5H2,2-3H3. The number of rotatable bonds is 4. The summed E-state index contributed by atoms with van der Waals surface area (Å²) in [5, 5.41) is 7.70. The van der Waals surface area contributed by atoms with Gasteiger partial charge in [-0.2, -0.15) is 5.10 Å².